The van der Waals surface area contributed by atoms with Gasteiger partial charge in [-0.2, -0.15) is 0 Å². The molecule has 0 unspecified atom stereocenters. The minimum absolute atomic E-state index is 0.109. The fraction of sp³-hybridized carbons (Fsp3) is 0. The Labute approximate surface area is 110 Å². The van der Waals surface area contributed by atoms with Crippen LogP contribution in [0.15, 0.2) is 34.1 Å². The van der Waals surface area contributed by atoms with Crippen molar-refractivity contribution in [2.45, 2.75) is 0 Å². The molecule has 2 aromatic rings. The van der Waals surface area contributed by atoms with E-state index in [2.05, 4.69) is 15.9 Å². The zero-order valence-electron chi connectivity index (χ0n) is 8.04. The van der Waals surface area contributed by atoms with Crippen molar-refractivity contribution in [2.75, 3.05) is 5.73 Å². The number of rotatable bonds is 2. The van der Waals surface area contributed by atoms with Crippen LogP contribution in [0.2, 0.25) is 5.02 Å². The van der Waals surface area contributed by atoms with Crippen molar-refractivity contribution >= 4 is 50.3 Å². The summed E-state index contributed by atoms with van der Waals surface area (Å²) in [5.41, 5.74) is 6.64. The molecule has 1 aromatic carbocycles. The fourth-order valence-corrected chi connectivity index (χ4v) is 2.98. The molecule has 1 heterocycles. The van der Waals surface area contributed by atoms with Crippen LogP contribution in [0.3, 0.4) is 0 Å². The van der Waals surface area contributed by atoms with Gasteiger partial charge in [0.05, 0.1) is 4.88 Å². The number of nitrogens with two attached hydrogens (primary N) is 1. The Morgan fingerprint density at radius 2 is 2.12 bits per heavy atom. The van der Waals surface area contributed by atoms with Gasteiger partial charge in [-0.25, -0.2) is 0 Å². The Hall–Kier alpha value is -0.840. The van der Waals surface area contributed by atoms with Crippen molar-refractivity contribution in [1.29, 1.82) is 0 Å². The summed E-state index contributed by atoms with van der Waals surface area (Å²) in [6.45, 7) is 0. The highest BCUT2D eigenvalue weighted by Gasteiger charge is 2.16. The fourth-order valence-electron chi connectivity index (χ4n) is 1.30. The van der Waals surface area contributed by atoms with Crippen molar-refractivity contribution in [3.8, 4) is 0 Å². The zero-order chi connectivity index (χ0) is 11.7. The molecule has 0 amide bonds. The first-order valence-corrected chi connectivity index (χ1v) is 6.47. The van der Waals surface area contributed by atoms with E-state index in [9.17, 15) is 4.79 Å². The highest BCUT2D eigenvalue weighted by molar-refractivity contribution is 9.10. The van der Waals surface area contributed by atoms with Crippen LogP contribution in [-0.4, -0.2) is 5.78 Å². The summed E-state index contributed by atoms with van der Waals surface area (Å²) in [4.78, 5) is 12.8. The predicted molar refractivity (Wildman–Crippen MR) is 71.3 cm³/mol. The van der Waals surface area contributed by atoms with Gasteiger partial charge in [0.25, 0.3) is 0 Å². The first-order chi connectivity index (χ1) is 7.59. The van der Waals surface area contributed by atoms with Crippen molar-refractivity contribution in [3.05, 3.63) is 49.6 Å². The van der Waals surface area contributed by atoms with Crippen molar-refractivity contribution in [3.63, 3.8) is 0 Å². The lowest BCUT2D eigenvalue weighted by atomic mass is 10.1. The van der Waals surface area contributed by atoms with E-state index in [-0.39, 0.29) is 5.78 Å². The molecule has 82 valence electrons. The summed E-state index contributed by atoms with van der Waals surface area (Å²) < 4.78 is 0.780. The molecule has 0 saturated carbocycles. The van der Waals surface area contributed by atoms with E-state index in [1.807, 2.05) is 11.4 Å². The van der Waals surface area contributed by atoms with Crippen molar-refractivity contribution < 1.29 is 4.79 Å². The molecule has 2 rings (SSSR count). The lowest BCUT2D eigenvalue weighted by molar-refractivity contribution is 0.104. The van der Waals surface area contributed by atoms with Gasteiger partial charge in [-0.1, -0.05) is 11.6 Å². The van der Waals surface area contributed by atoms with E-state index in [0.29, 0.717) is 21.2 Å². The average Bonchev–Trinajstić information content (AvgIpc) is 2.67. The number of nitrogen functional groups attached to an aromatic ring is 1. The molecular weight excluding hydrogens is 310 g/mol. The Kier molecular flexibility index (Phi) is 3.33. The minimum Gasteiger partial charge on any atom is -0.398 e. The van der Waals surface area contributed by atoms with Crippen molar-refractivity contribution in [2.24, 2.45) is 0 Å². The number of anilines is 1. The van der Waals surface area contributed by atoms with Crippen LogP contribution < -0.4 is 5.73 Å². The number of hydrogen-bond donors (Lipinski definition) is 1. The molecule has 0 bridgehead atoms. The number of halogens is 2. The van der Waals surface area contributed by atoms with Gasteiger partial charge in [0.2, 0.25) is 5.78 Å². The Morgan fingerprint density at radius 1 is 1.38 bits per heavy atom. The summed E-state index contributed by atoms with van der Waals surface area (Å²) in [6, 6.07) is 6.72. The van der Waals surface area contributed by atoms with Crippen LogP contribution in [-0.2, 0) is 0 Å². The third-order valence-corrected chi connectivity index (χ3v) is 4.15. The molecule has 0 aliphatic carbocycles. The van der Waals surface area contributed by atoms with Crippen LogP contribution in [0.1, 0.15) is 15.2 Å². The summed E-state index contributed by atoms with van der Waals surface area (Å²) in [7, 11) is 0. The second-order valence-electron chi connectivity index (χ2n) is 3.16. The molecule has 0 saturated heterocycles. The number of ketones is 1. The second-order valence-corrected chi connectivity index (χ2v) is 5.37. The quantitative estimate of drug-likeness (QED) is 0.673. The molecule has 1 aromatic heterocycles. The minimum atomic E-state index is -0.109. The van der Waals surface area contributed by atoms with Crippen LogP contribution in [0.25, 0.3) is 0 Å². The highest BCUT2D eigenvalue weighted by atomic mass is 79.9. The molecule has 0 atom stereocenters. The lowest BCUT2D eigenvalue weighted by Gasteiger charge is -2.04. The van der Waals surface area contributed by atoms with Gasteiger partial charge in [-0.3, -0.25) is 4.79 Å². The van der Waals surface area contributed by atoms with Gasteiger partial charge in [0.1, 0.15) is 0 Å². The average molecular weight is 317 g/mol. The zero-order valence-corrected chi connectivity index (χ0v) is 11.2. The Morgan fingerprint density at radius 3 is 2.75 bits per heavy atom. The van der Waals surface area contributed by atoms with E-state index in [1.165, 1.54) is 11.3 Å². The normalized spacial score (nSPS) is 10.4. The van der Waals surface area contributed by atoms with E-state index < -0.39 is 0 Å². The monoisotopic (exact) mass is 315 g/mol. The van der Waals surface area contributed by atoms with Gasteiger partial charge in [0.15, 0.2) is 0 Å². The number of hydrogen-bond acceptors (Lipinski definition) is 3. The molecule has 2 nitrogen and oxygen atoms in total. The molecule has 0 aliphatic heterocycles. The van der Waals surface area contributed by atoms with Gasteiger partial charge < -0.3 is 5.73 Å². The summed E-state index contributed by atoms with van der Waals surface area (Å²) in [5.74, 6) is -0.109. The maximum absolute atomic E-state index is 12.1. The van der Waals surface area contributed by atoms with E-state index in [0.717, 1.165) is 4.47 Å². The Bertz CT molecular complexity index is 553. The Balaban J connectivity index is 2.49. The third kappa shape index (κ3) is 2.14. The van der Waals surface area contributed by atoms with Gasteiger partial charge >= 0.3 is 0 Å². The molecule has 0 fully saturated rings. The van der Waals surface area contributed by atoms with E-state index in [4.69, 9.17) is 17.3 Å². The number of thiophene rings is 1. The predicted octanol–water partition coefficient (Wildman–Crippen LogP) is 3.98. The number of carbonyl (C=O) groups excluding carboxylic acids is 1. The van der Waals surface area contributed by atoms with E-state index in [1.54, 1.807) is 18.2 Å². The maximum atomic E-state index is 12.1. The third-order valence-electron chi connectivity index (χ3n) is 2.08. The van der Waals surface area contributed by atoms with Crippen molar-refractivity contribution in [1.82, 2.24) is 0 Å². The largest absolute Gasteiger partial charge is 0.398 e. The first kappa shape index (κ1) is 11.6. The SMILES string of the molecule is Nc1ccc(Cl)cc1C(=O)c1sccc1Br. The molecule has 5 heteroatoms. The van der Waals surface area contributed by atoms with Crippen LogP contribution in [0.5, 0.6) is 0 Å². The summed E-state index contributed by atoms with van der Waals surface area (Å²) in [5, 5.41) is 2.35. The molecule has 2 N–H and O–H groups in total. The molecule has 0 aliphatic rings. The van der Waals surface area contributed by atoms with Gasteiger partial charge in [-0.05, 0) is 45.6 Å². The second kappa shape index (κ2) is 4.57. The molecule has 0 spiro atoms. The highest BCUT2D eigenvalue weighted by Crippen LogP contribution is 2.28. The standard InChI is InChI=1S/C11H7BrClNOS/c12-8-3-4-16-11(8)10(15)7-5-6(13)1-2-9(7)14/h1-5H,14H2. The topological polar surface area (TPSA) is 43.1 Å². The molecule has 0 radical (unpaired) electrons. The molecular formula is C11H7BrClNOS. The first-order valence-electron chi connectivity index (χ1n) is 4.42. The number of carbonyl (C=O) groups is 1. The van der Waals surface area contributed by atoms with Gasteiger partial charge in [-0.15, -0.1) is 11.3 Å². The van der Waals surface area contributed by atoms with Crippen LogP contribution in [0, 0.1) is 0 Å². The van der Waals surface area contributed by atoms with Gasteiger partial charge in [0, 0.05) is 20.7 Å². The van der Waals surface area contributed by atoms with E-state index >= 15 is 0 Å². The maximum Gasteiger partial charge on any atom is 0.206 e. The van der Waals surface area contributed by atoms with Crippen LogP contribution >= 0.6 is 38.9 Å². The summed E-state index contributed by atoms with van der Waals surface area (Å²) >= 11 is 10.5. The van der Waals surface area contributed by atoms with Crippen LogP contribution in [0.4, 0.5) is 5.69 Å². The lowest BCUT2D eigenvalue weighted by Crippen LogP contribution is -2.04. The molecule has 16 heavy (non-hydrogen) atoms. The smallest absolute Gasteiger partial charge is 0.206 e. The number of benzene rings is 1. The summed E-state index contributed by atoms with van der Waals surface area (Å²) in [6.07, 6.45) is 0.